The zero-order valence-electron chi connectivity index (χ0n) is 17.9. The number of hydrogen-bond acceptors (Lipinski definition) is 6. The summed E-state index contributed by atoms with van der Waals surface area (Å²) < 4.78 is 15.8. The number of benzene rings is 1. The Morgan fingerprint density at radius 1 is 1.16 bits per heavy atom. The first-order valence-electron chi connectivity index (χ1n) is 9.87. The van der Waals surface area contributed by atoms with Crippen LogP contribution in [0.3, 0.4) is 0 Å². The molecule has 0 radical (unpaired) electrons. The molecule has 0 bridgehead atoms. The van der Waals surface area contributed by atoms with Crippen molar-refractivity contribution >= 4 is 39.6 Å². The van der Waals surface area contributed by atoms with Crippen LogP contribution in [0, 0.1) is 0 Å². The molecular formula is C22H27N3O4S2. The van der Waals surface area contributed by atoms with Crippen LogP contribution in [0.1, 0.15) is 16.9 Å². The number of methoxy groups -OCH3 is 3. The maximum absolute atomic E-state index is 12.8. The second-order valence-corrected chi connectivity index (χ2v) is 8.35. The number of hydrogen-bond donors (Lipinski definition) is 2. The average molecular weight is 462 g/mol. The van der Waals surface area contributed by atoms with E-state index in [0.29, 0.717) is 53.9 Å². The van der Waals surface area contributed by atoms with Gasteiger partial charge in [0.25, 0.3) is 5.56 Å². The minimum Gasteiger partial charge on any atom is -0.493 e. The Labute approximate surface area is 190 Å². The smallest absolute Gasteiger partial charge is 0.253 e. The SMILES string of the molecule is COCCCNC(=S)N(Cc1cccs1)Cc1cc2cc(OC)c(OC)cc2[nH]c1=O. The second-order valence-electron chi connectivity index (χ2n) is 6.93. The highest BCUT2D eigenvalue weighted by molar-refractivity contribution is 7.80. The number of thiophene rings is 1. The van der Waals surface area contributed by atoms with Gasteiger partial charge in [-0.05, 0) is 42.2 Å². The minimum absolute atomic E-state index is 0.155. The highest BCUT2D eigenvalue weighted by Crippen LogP contribution is 2.31. The number of nitrogens with one attached hydrogen (secondary N) is 2. The van der Waals surface area contributed by atoms with Crippen molar-refractivity contribution in [3.63, 3.8) is 0 Å². The fourth-order valence-corrected chi connectivity index (χ4v) is 4.17. The fraction of sp³-hybridized carbons (Fsp3) is 0.364. The molecule has 0 amide bonds. The molecule has 0 spiro atoms. The Morgan fingerprint density at radius 3 is 2.61 bits per heavy atom. The minimum atomic E-state index is -0.155. The molecule has 2 heterocycles. The van der Waals surface area contributed by atoms with Crippen molar-refractivity contribution in [1.82, 2.24) is 15.2 Å². The Balaban J connectivity index is 1.87. The van der Waals surface area contributed by atoms with Gasteiger partial charge in [0.05, 0.1) is 32.8 Å². The molecule has 3 aromatic rings. The zero-order chi connectivity index (χ0) is 22.2. The highest BCUT2D eigenvalue weighted by Gasteiger charge is 2.15. The van der Waals surface area contributed by atoms with Gasteiger partial charge in [0, 0.05) is 42.2 Å². The lowest BCUT2D eigenvalue weighted by Crippen LogP contribution is -2.40. The fourth-order valence-electron chi connectivity index (χ4n) is 3.22. The molecule has 1 aromatic carbocycles. The molecule has 0 aliphatic heterocycles. The molecule has 0 saturated carbocycles. The Hall–Kier alpha value is -2.62. The standard InChI is InChI=1S/C22H27N3O4S2/c1-27-8-5-7-23-22(30)25(14-17-6-4-9-31-17)13-16-10-15-11-19(28-2)20(29-3)12-18(15)24-21(16)26/h4,6,9-12H,5,7-8,13-14H2,1-3H3,(H,23,30)(H,24,26). The summed E-state index contributed by atoms with van der Waals surface area (Å²) >= 11 is 7.30. The summed E-state index contributed by atoms with van der Waals surface area (Å²) in [6.45, 7) is 2.37. The summed E-state index contributed by atoms with van der Waals surface area (Å²) in [6.07, 6.45) is 0.849. The summed E-state index contributed by atoms with van der Waals surface area (Å²) in [5, 5.41) is 6.78. The van der Waals surface area contributed by atoms with Crippen LogP contribution in [0.4, 0.5) is 0 Å². The molecule has 0 fully saturated rings. The Kier molecular flexibility index (Phi) is 8.27. The highest BCUT2D eigenvalue weighted by atomic mass is 32.1. The molecule has 31 heavy (non-hydrogen) atoms. The zero-order valence-corrected chi connectivity index (χ0v) is 19.5. The monoisotopic (exact) mass is 461 g/mol. The number of aromatic nitrogens is 1. The molecule has 0 aliphatic rings. The van der Waals surface area contributed by atoms with Crippen molar-refractivity contribution in [3.05, 3.63) is 56.5 Å². The molecule has 7 nitrogen and oxygen atoms in total. The summed E-state index contributed by atoms with van der Waals surface area (Å²) in [4.78, 5) is 18.9. The largest absolute Gasteiger partial charge is 0.493 e. The van der Waals surface area contributed by atoms with Gasteiger partial charge in [0.2, 0.25) is 0 Å². The van der Waals surface area contributed by atoms with Gasteiger partial charge in [-0.1, -0.05) is 6.07 Å². The first-order valence-corrected chi connectivity index (χ1v) is 11.2. The summed E-state index contributed by atoms with van der Waals surface area (Å²) in [5.74, 6) is 1.18. The van der Waals surface area contributed by atoms with Crippen molar-refractivity contribution < 1.29 is 14.2 Å². The number of fused-ring (bicyclic) bond motifs is 1. The van der Waals surface area contributed by atoms with E-state index in [0.717, 1.165) is 11.8 Å². The normalized spacial score (nSPS) is 10.8. The molecule has 0 aliphatic carbocycles. The second kappa shape index (κ2) is 11.1. The van der Waals surface area contributed by atoms with E-state index in [2.05, 4.69) is 16.4 Å². The van der Waals surface area contributed by atoms with Crippen LogP contribution >= 0.6 is 23.6 Å². The predicted octanol–water partition coefficient (Wildman–Crippen LogP) is 3.52. The van der Waals surface area contributed by atoms with E-state index < -0.39 is 0 Å². The van der Waals surface area contributed by atoms with Crippen LogP contribution < -0.4 is 20.3 Å². The molecule has 2 aromatic heterocycles. The van der Waals surface area contributed by atoms with Gasteiger partial charge in [-0.15, -0.1) is 11.3 Å². The number of thiocarbonyl (C=S) groups is 1. The average Bonchev–Trinajstić information content (AvgIpc) is 3.29. The quantitative estimate of drug-likeness (QED) is 0.353. The molecule has 166 valence electrons. The molecule has 0 unspecified atom stereocenters. The van der Waals surface area contributed by atoms with E-state index in [1.807, 2.05) is 28.5 Å². The third-order valence-electron chi connectivity index (χ3n) is 4.80. The van der Waals surface area contributed by atoms with Crippen molar-refractivity contribution in [3.8, 4) is 11.5 Å². The van der Waals surface area contributed by atoms with E-state index >= 15 is 0 Å². The number of H-pyrrole nitrogens is 1. The van der Waals surface area contributed by atoms with Gasteiger partial charge in [-0.2, -0.15) is 0 Å². The van der Waals surface area contributed by atoms with Gasteiger partial charge >= 0.3 is 0 Å². The summed E-state index contributed by atoms with van der Waals surface area (Å²) in [7, 11) is 4.84. The molecule has 9 heteroatoms. The van der Waals surface area contributed by atoms with Gasteiger partial charge in [-0.25, -0.2) is 0 Å². The van der Waals surface area contributed by atoms with E-state index in [4.69, 9.17) is 26.4 Å². The lowest BCUT2D eigenvalue weighted by molar-refractivity contribution is 0.195. The first-order chi connectivity index (χ1) is 15.0. The summed E-state index contributed by atoms with van der Waals surface area (Å²) in [6, 6.07) is 9.58. The maximum atomic E-state index is 12.8. The van der Waals surface area contributed by atoms with E-state index in [1.165, 1.54) is 4.88 Å². The number of aromatic amines is 1. The van der Waals surface area contributed by atoms with Gasteiger partial charge in [-0.3, -0.25) is 4.79 Å². The van der Waals surface area contributed by atoms with Crippen LogP contribution in [0.5, 0.6) is 11.5 Å². The van der Waals surface area contributed by atoms with Crippen LogP contribution in [-0.4, -0.2) is 49.5 Å². The van der Waals surface area contributed by atoms with E-state index in [-0.39, 0.29) is 5.56 Å². The summed E-state index contributed by atoms with van der Waals surface area (Å²) in [5.41, 5.74) is 1.16. The topological polar surface area (TPSA) is 75.8 Å². The van der Waals surface area contributed by atoms with Gasteiger partial charge in [0.1, 0.15) is 0 Å². The van der Waals surface area contributed by atoms with E-state index in [9.17, 15) is 4.79 Å². The molecule has 2 N–H and O–H groups in total. The van der Waals surface area contributed by atoms with Crippen molar-refractivity contribution in [1.29, 1.82) is 0 Å². The molecule has 3 rings (SSSR count). The Morgan fingerprint density at radius 2 is 1.94 bits per heavy atom. The van der Waals surface area contributed by atoms with Gasteiger partial charge < -0.3 is 29.4 Å². The number of rotatable bonds is 10. The Bertz CT molecular complexity index is 1070. The van der Waals surface area contributed by atoms with E-state index in [1.54, 1.807) is 38.7 Å². The maximum Gasteiger partial charge on any atom is 0.253 e. The van der Waals surface area contributed by atoms with Crippen LogP contribution in [0.15, 0.2) is 40.5 Å². The number of ether oxygens (including phenoxy) is 3. The van der Waals surface area contributed by atoms with Crippen molar-refractivity contribution in [2.45, 2.75) is 19.5 Å². The lowest BCUT2D eigenvalue weighted by atomic mass is 10.1. The number of pyridine rings is 1. The molecule has 0 saturated heterocycles. The van der Waals surface area contributed by atoms with Crippen LogP contribution in [0.25, 0.3) is 10.9 Å². The van der Waals surface area contributed by atoms with Crippen molar-refractivity contribution in [2.75, 3.05) is 34.5 Å². The lowest BCUT2D eigenvalue weighted by Gasteiger charge is -2.25. The first kappa shape index (κ1) is 23.1. The van der Waals surface area contributed by atoms with Crippen molar-refractivity contribution in [2.24, 2.45) is 0 Å². The number of nitrogens with zero attached hydrogens (tertiary/aromatic N) is 1. The molecule has 0 atom stereocenters. The third-order valence-corrected chi connectivity index (χ3v) is 6.07. The van der Waals surface area contributed by atoms with Crippen LogP contribution in [-0.2, 0) is 17.8 Å². The third kappa shape index (κ3) is 5.96. The predicted molar refractivity (Wildman–Crippen MR) is 128 cm³/mol. The van der Waals surface area contributed by atoms with Crippen LogP contribution in [0.2, 0.25) is 0 Å². The molecular weight excluding hydrogens is 434 g/mol. The van der Waals surface area contributed by atoms with Gasteiger partial charge in [0.15, 0.2) is 16.6 Å².